The van der Waals surface area contributed by atoms with Gasteiger partial charge in [0, 0.05) is 0 Å². The summed E-state index contributed by atoms with van der Waals surface area (Å²) in [5, 5.41) is 8.31. The monoisotopic (exact) mass is 253 g/mol. The van der Waals surface area contributed by atoms with Gasteiger partial charge in [-0.2, -0.15) is 0 Å². The Hall–Kier alpha value is -0.900. The highest BCUT2D eigenvalue weighted by atomic mass is 16.5. The fourth-order valence-electron chi connectivity index (χ4n) is 2.38. The van der Waals surface area contributed by atoms with E-state index in [9.17, 15) is 0 Å². The van der Waals surface area contributed by atoms with E-state index in [0.29, 0.717) is 12.6 Å². The molecule has 4 heteroatoms. The molecule has 1 heterocycles. The Morgan fingerprint density at radius 2 is 1.94 bits per heavy atom. The Bertz CT molecular complexity index is 356. The second kappa shape index (κ2) is 6.32. The Morgan fingerprint density at radius 1 is 1.28 bits per heavy atom. The summed E-state index contributed by atoms with van der Waals surface area (Å²) in [6, 6.07) is 0. The van der Waals surface area contributed by atoms with Crippen LogP contribution < -0.4 is 0 Å². The third-order valence-electron chi connectivity index (χ3n) is 2.75. The summed E-state index contributed by atoms with van der Waals surface area (Å²) in [4.78, 5) is 0. The lowest BCUT2D eigenvalue weighted by Gasteiger charge is -2.25. The van der Waals surface area contributed by atoms with E-state index in [-0.39, 0.29) is 11.5 Å². The molecular formula is C14H27N3O. The van der Waals surface area contributed by atoms with Crippen molar-refractivity contribution >= 4 is 0 Å². The van der Waals surface area contributed by atoms with Gasteiger partial charge in [-0.05, 0) is 38.0 Å². The van der Waals surface area contributed by atoms with Crippen molar-refractivity contribution in [1.29, 1.82) is 0 Å². The molecule has 0 aliphatic heterocycles. The molecule has 0 aliphatic carbocycles. The van der Waals surface area contributed by atoms with Gasteiger partial charge in [0.15, 0.2) is 0 Å². The molecule has 1 aromatic rings. The minimum Gasteiger partial charge on any atom is -0.357 e. The van der Waals surface area contributed by atoms with Crippen LogP contribution in [0.4, 0.5) is 0 Å². The maximum atomic E-state index is 5.50. The maximum Gasteiger partial charge on any atom is 0.141 e. The van der Waals surface area contributed by atoms with Crippen LogP contribution in [0.1, 0.15) is 53.7 Å². The van der Waals surface area contributed by atoms with E-state index in [2.05, 4.69) is 38.0 Å². The third kappa shape index (κ3) is 5.63. The van der Waals surface area contributed by atoms with Crippen LogP contribution in [-0.4, -0.2) is 21.1 Å². The molecular weight excluding hydrogens is 226 g/mol. The smallest absolute Gasteiger partial charge is 0.141 e. The molecule has 0 amide bonds. The predicted molar refractivity (Wildman–Crippen MR) is 73.2 cm³/mol. The molecule has 0 atom stereocenters. The molecule has 1 aromatic heterocycles. The zero-order valence-corrected chi connectivity index (χ0v) is 12.6. The summed E-state index contributed by atoms with van der Waals surface area (Å²) in [7, 11) is 0. The van der Waals surface area contributed by atoms with Gasteiger partial charge in [0.05, 0.1) is 18.0 Å². The van der Waals surface area contributed by atoms with Crippen molar-refractivity contribution in [2.24, 2.45) is 11.3 Å². The van der Waals surface area contributed by atoms with Gasteiger partial charge < -0.3 is 4.74 Å². The topological polar surface area (TPSA) is 39.9 Å². The van der Waals surface area contributed by atoms with Crippen LogP contribution in [-0.2, 0) is 17.9 Å². The Balaban J connectivity index is 2.52. The van der Waals surface area contributed by atoms with Gasteiger partial charge >= 0.3 is 0 Å². The molecule has 104 valence electrons. The number of rotatable bonds is 7. The minimum absolute atomic E-state index is 0.218. The van der Waals surface area contributed by atoms with E-state index in [4.69, 9.17) is 4.74 Å². The SMILES string of the molecule is CC(C)CC(C)(C)Cc1cn(COC(C)C)nn1. The van der Waals surface area contributed by atoms with Crippen molar-refractivity contribution in [1.82, 2.24) is 15.0 Å². The molecule has 0 aromatic carbocycles. The first kappa shape index (κ1) is 15.2. The van der Waals surface area contributed by atoms with E-state index in [0.717, 1.165) is 12.1 Å². The molecule has 0 N–H and O–H groups in total. The largest absolute Gasteiger partial charge is 0.357 e. The third-order valence-corrected chi connectivity index (χ3v) is 2.75. The lowest BCUT2D eigenvalue weighted by atomic mass is 9.80. The van der Waals surface area contributed by atoms with Gasteiger partial charge in [0.2, 0.25) is 0 Å². The molecule has 0 radical (unpaired) electrons. The van der Waals surface area contributed by atoms with Gasteiger partial charge in [-0.3, -0.25) is 0 Å². The number of hydrogen-bond acceptors (Lipinski definition) is 3. The van der Waals surface area contributed by atoms with Crippen LogP contribution in [0.5, 0.6) is 0 Å². The molecule has 0 unspecified atom stereocenters. The number of hydrogen-bond donors (Lipinski definition) is 0. The van der Waals surface area contributed by atoms with E-state index in [1.54, 1.807) is 4.68 Å². The van der Waals surface area contributed by atoms with Gasteiger partial charge in [0.1, 0.15) is 6.73 Å². The molecule has 0 saturated heterocycles. The summed E-state index contributed by atoms with van der Waals surface area (Å²) in [6.45, 7) is 13.6. The van der Waals surface area contributed by atoms with Crippen LogP contribution in [0, 0.1) is 11.3 Å². The summed E-state index contributed by atoms with van der Waals surface area (Å²) in [6.07, 6.45) is 4.37. The number of nitrogens with zero attached hydrogens (tertiary/aromatic N) is 3. The zero-order valence-electron chi connectivity index (χ0n) is 12.6. The van der Waals surface area contributed by atoms with E-state index in [1.807, 2.05) is 20.0 Å². The molecule has 0 spiro atoms. The van der Waals surface area contributed by atoms with Gasteiger partial charge in [-0.15, -0.1) is 5.10 Å². The van der Waals surface area contributed by atoms with E-state index < -0.39 is 0 Å². The van der Waals surface area contributed by atoms with Crippen molar-refractivity contribution < 1.29 is 4.74 Å². The van der Waals surface area contributed by atoms with Gasteiger partial charge in [-0.1, -0.05) is 32.9 Å². The Labute approximate surface area is 111 Å². The van der Waals surface area contributed by atoms with Crippen molar-refractivity contribution in [3.63, 3.8) is 0 Å². The van der Waals surface area contributed by atoms with Gasteiger partial charge in [0.25, 0.3) is 0 Å². The van der Waals surface area contributed by atoms with Crippen molar-refractivity contribution in [2.45, 2.75) is 67.2 Å². The quantitative estimate of drug-likeness (QED) is 0.748. The molecule has 0 saturated carbocycles. The molecule has 4 nitrogen and oxygen atoms in total. The minimum atomic E-state index is 0.218. The summed E-state index contributed by atoms with van der Waals surface area (Å²) < 4.78 is 7.26. The molecule has 0 bridgehead atoms. The number of ether oxygens (including phenoxy) is 1. The second-order valence-corrected chi connectivity index (χ2v) is 6.53. The van der Waals surface area contributed by atoms with E-state index in [1.165, 1.54) is 6.42 Å². The van der Waals surface area contributed by atoms with Crippen LogP contribution in [0.3, 0.4) is 0 Å². The lowest BCUT2D eigenvalue weighted by Crippen LogP contribution is -2.18. The maximum absolute atomic E-state index is 5.50. The normalized spacial score (nSPS) is 12.7. The first-order chi connectivity index (χ1) is 8.28. The summed E-state index contributed by atoms with van der Waals surface area (Å²) in [5.41, 5.74) is 1.32. The van der Waals surface area contributed by atoms with Crippen molar-refractivity contribution in [2.75, 3.05) is 0 Å². The Kier molecular flexibility index (Phi) is 5.32. The predicted octanol–water partition coefficient (Wildman–Crippen LogP) is 3.28. The fraction of sp³-hybridized carbons (Fsp3) is 0.857. The first-order valence-corrected chi connectivity index (χ1v) is 6.79. The van der Waals surface area contributed by atoms with Crippen LogP contribution >= 0.6 is 0 Å². The average Bonchev–Trinajstić information content (AvgIpc) is 2.59. The lowest BCUT2D eigenvalue weighted by molar-refractivity contribution is 0.0211. The first-order valence-electron chi connectivity index (χ1n) is 6.79. The summed E-state index contributed by atoms with van der Waals surface area (Å²) in [5.74, 6) is 0.708. The van der Waals surface area contributed by atoms with Gasteiger partial charge in [-0.25, -0.2) is 4.68 Å². The molecule has 18 heavy (non-hydrogen) atoms. The molecule has 0 fully saturated rings. The number of aromatic nitrogens is 3. The molecule has 1 rings (SSSR count). The average molecular weight is 253 g/mol. The van der Waals surface area contributed by atoms with Crippen molar-refractivity contribution in [3.8, 4) is 0 Å². The highest BCUT2D eigenvalue weighted by Crippen LogP contribution is 2.28. The van der Waals surface area contributed by atoms with Crippen LogP contribution in [0.2, 0.25) is 0 Å². The standard InChI is InChI=1S/C14H27N3O/c1-11(2)7-14(5,6)8-13-9-17(16-15-13)10-18-12(3)4/h9,11-12H,7-8,10H2,1-6H3. The van der Waals surface area contributed by atoms with Crippen LogP contribution in [0.25, 0.3) is 0 Å². The Morgan fingerprint density at radius 3 is 2.50 bits per heavy atom. The summed E-state index contributed by atoms with van der Waals surface area (Å²) >= 11 is 0. The molecule has 0 aliphatic rings. The zero-order chi connectivity index (χ0) is 13.8. The second-order valence-electron chi connectivity index (χ2n) is 6.53. The van der Waals surface area contributed by atoms with Crippen LogP contribution in [0.15, 0.2) is 6.20 Å². The van der Waals surface area contributed by atoms with E-state index >= 15 is 0 Å². The fourth-order valence-corrected chi connectivity index (χ4v) is 2.38. The highest BCUT2D eigenvalue weighted by Gasteiger charge is 2.21. The van der Waals surface area contributed by atoms with Crippen molar-refractivity contribution in [3.05, 3.63) is 11.9 Å². The highest BCUT2D eigenvalue weighted by molar-refractivity contribution is 4.96.